The molecule has 5 heteroatoms. The molecule has 0 aliphatic carbocycles. The van der Waals surface area contributed by atoms with E-state index < -0.39 is 0 Å². The maximum absolute atomic E-state index is 4.32. The number of hydrogen-bond donors (Lipinski definition) is 0. The number of nitrogens with zero attached hydrogens (tertiary/aromatic N) is 5. The summed E-state index contributed by atoms with van der Waals surface area (Å²) in [7, 11) is 4.25. The van der Waals surface area contributed by atoms with E-state index in [1.807, 2.05) is 30.3 Å². The molecular weight excluding hydrogens is 298 g/mol. The van der Waals surface area contributed by atoms with Crippen molar-refractivity contribution in [2.45, 2.75) is 51.4 Å². The number of pyridine rings is 1. The zero-order valence-electron chi connectivity index (χ0n) is 15.3. The van der Waals surface area contributed by atoms with Crippen LogP contribution in [0.5, 0.6) is 0 Å². The van der Waals surface area contributed by atoms with Crippen LogP contribution in [0.1, 0.15) is 31.4 Å². The van der Waals surface area contributed by atoms with Crippen LogP contribution in [0.25, 0.3) is 0 Å². The van der Waals surface area contributed by atoms with Gasteiger partial charge in [0.2, 0.25) is 0 Å². The Bertz CT molecular complexity index is 636. The van der Waals surface area contributed by atoms with E-state index in [1.54, 1.807) is 0 Å². The Balaban J connectivity index is 1.78. The molecule has 1 aliphatic rings. The van der Waals surface area contributed by atoms with Crippen molar-refractivity contribution >= 4 is 0 Å². The SMILES string of the molecule is CC(C)N(C)[C@@H]1CCN(Cc2cnn(C)c2)[C@H]1Cc1ccncc1. The van der Waals surface area contributed by atoms with Gasteiger partial charge in [-0.2, -0.15) is 5.10 Å². The number of aromatic nitrogens is 3. The number of rotatable bonds is 6. The average Bonchev–Trinajstić information content (AvgIpc) is 3.15. The van der Waals surface area contributed by atoms with Crippen molar-refractivity contribution in [3.8, 4) is 0 Å². The van der Waals surface area contributed by atoms with Gasteiger partial charge in [-0.05, 0) is 51.4 Å². The molecule has 1 saturated heterocycles. The Morgan fingerprint density at radius 2 is 2.00 bits per heavy atom. The Morgan fingerprint density at radius 3 is 2.62 bits per heavy atom. The van der Waals surface area contributed by atoms with Crippen LogP contribution in [0, 0.1) is 0 Å². The molecule has 2 atom stereocenters. The highest BCUT2D eigenvalue weighted by molar-refractivity contribution is 5.14. The van der Waals surface area contributed by atoms with Gasteiger partial charge >= 0.3 is 0 Å². The quantitative estimate of drug-likeness (QED) is 0.816. The minimum Gasteiger partial charge on any atom is -0.299 e. The largest absolute Gasteiger partial charge is 0.299 e. The molecule has 3 rings (SSSR count). The van der Waals surface area contributed by atoms with Crippen molar-refractivity contribution < 1.29 is 0 Å². The van der Waals surface area contributed by atoms with Crippen molar-refractivity contribution in [3.05, 3.63) is 48.0 Å². The summed E-state index contributed by atoms with van der Waals surface area (Å²) >= 11 is 0. The van der Waals surface area contributed by atoms with Gasteiger partial charge in [-0.25, -0.2) is 0 Å². The van der Waals surface area contributed by atoms with E-state index in [4.69, 9.17) is 0 Å². The first-order chi connectivity index (χ1) is 11.5. The highest BCUT2D eigenvalue weighted by Crippen LogP contribution is 2.28. The van der Waals surface area contributed by atoms with Crippen LogP contribution in [0.4, 0.5) is 0 Å². The molecule has 1 fully saturated rings. The van der Waals surface area contributed by atoms with Crippen LogP contribution in [-0.2, 0) is 20.0 Å². The third-order valence-electron chi connectivity index (χ3n) is 5.30. The number of aryl methyl sites for hydroxylation is 1. The van der Waals surface area contributed by atoms with Gasteiger partial charge in [0.15, 0.2) is 0 Å². The summed E-state index contributed by atoms with van der Waals surface area (Å²) in [5.74, 6) is 0. The Morgan fingerprint density at radius 1 is 1.25 bits per heavy atom. The first-order valence-corrected chi connectivity index (χ1v) is 8.87. The molecule has 130 valence electrons. The standard InChI is InChI=1S/C19H29N5/c1-15(2)23(4)18-7-10-24(14-17-12-21-22(3)13-17)19(18)11-16-5-8-20-9-6-16/h5-6,8-9,12-13,15,18-19H,7,10-11,14H2,1-4H3/t18-,19+/m1/s1. The third-order valence-corrected chi connectivity index (χ3v) is 5.30. The van der Waals surface area contributed by atoms with Gasteiger partial charge in [-0.3, -0.25) is 19.5 Å². The van der Waals surface area contributed by atoms with Crippen LogP contribution in [0.3, 0.4) is 0 Å². The highest BCUT2D eigenvalue weighted by Gasteiger charge is 2.37. The lowest BCUT2D eigenvalue weighted by molar-refractivity contribution is 0.135. The van der Waals surface area contributed by atoms with E-state index in [0.29, 0.717) is 18.1 Å². The fraction of sp³-hybridized carbons (Fsp3) is 0.579. The predicted molar refractivity (Wildman–Crippen MR) is 96.7 cm³/mol. The monoisotopic (exact) mass is 327 g/mol. The second-order valence-electron chi connectivity index (χ2n) is 7.23. The molecule has 3 heterocycles. The molecular formula is C19H29N5. The average molecular weight is 327 g/mol. The van der Waals surface area contributed by atoms with Crippen LogP contribution >= 0.6 is 0 Å². The van der Waals surface area contributed by atoms with Gasteiger partial charge in [-0.1, -0.05) is 0 Å². The summed E-state index contributed by atoms with van der Waals surface area (Å²) in [6.07, 6.45) is 10.2. The molecule has 0 spiro atoms. The fourth-order valence-electron chi connectivity index (χ4n) is 3.77. The number of hydrogen-bond acceptors (Lipinski definition) is 4. The second-order valence-corrected chi connectivity index (χ2v) is 7.23. The minimum absolute atomic E-state index is 0.528. The molecule has 2 aromatic rings. The summed E-state index contributed by atoms with van der Waals surface area (Å²) in [5, 5.41) is 4.32. The molecule has 0 N–H and O–H groups in total. The third kappa shape index (κ3) is 3.84. The molecule has 0 saturated carbocycles. The van der Waals surface area contributed by atoms with Crippen molar-refractivity contribution in [1.29, 1.82) is 0 Å². The van der Waals surface area contributed by atoms with E-state index in [1.165, 1.54) is 17.5 Å². The molecule has 1 aliphatic heterocycles. The molecule has 0 unspecified atom stereocenters. The van der Waals surface area contributed by atoms with Crippen molar-refractivity contribution in [2.75, 3.05) is 13.6 Å². The van der Waals surface area contributed by atoms with Crippen LogP contribution < -0.4 is 0 Å². The van der Waals surface area contributed by atoms with Gasteiger partial charge in [0, 0.05) is 62.4 Å². The maximum Gasteiger partial charge on any atom is 0.0534 e. The van der Waals surface area contributed by atoms with E-state index >= 15 is 0 Å². The van der Waals surface area contributed by atoms with Crippen LogP contribution in [-0.4, -0.2) is 56.3 Å². The summed E-state index contributed by atoms with van der Waals surface area (Å²) in [4.78, 5) is 9.32. The Hall–Kier alpha value is -1.72. The highest BCUT2D eigenvalue weighted by atomic mass is 15.3. The molecule has 24 heavy (non-hydrogen) atoms. The van der Waals surface area contributed by atoms with Gasteiger partial charge < -0.3 is 0 Å². The van der Waals surface area contributed by atoms with Gasteiger partial charge in [-0.15, -0.1) is 0 Å². The van der Waals surface area contributed by atoms with E-state index in [2.05, 4.69) is 59.1 Å². The lowest BCUT2D eigenvalue weighted by Crippen LogP contribution is -2.47. The zero-order chi connectivity index (χ0) is 17.1. The minimum atomic E-state index is 0.528. The van der Waals surface area contributed by atoms with Gasteiger partial charge in [0.05, 0.1) is 6.20 Å². The number of likely N-dealkylation sites (tertiary alicyclic amines) is 1. The lowest BCUT2D eigenvalue weighted by atomic mass is 9.98. The molecule has 0 amide bonds. The molecule has 0 aromatic carbocycles. The lowest BCUT2D eigenvalue weighted by Gasteiger charge is -2.35. The summed E-state index contributed by atoms with van der Waals surface area (Å²) in [6.45, 7) is 6.69. The van der Waals surface area contributed by atoms with E-state index in [0.717, 1.165) is 19.5 Å². The van der Waals surface area contributed by atoms with Crippen LogP contribution in [0.15, 0.2) is 36.9 Å². The Labute approximate surface area is 145 Å². The van der Waals surface area contributed by atoms with Crippen molar-refractivity contribution in [3.63, 3.8) is 0 Å². The first-order valence-electron chi connectivity index (χ1n) is 8.87. The summed E-state index contributed by atoms with van der Waals surface area (Å²) < 4.78 is 1.89. The molecule has 0 radical (unpaired) electrons. The van der Waals surface area contributed by atoms with E-state index in [9.17, 15) is 0 Å². The van der Waals surface area contributed by atoms with Crippen molar-refractivity contribution in [2.24, 2.45) is 7.05 Å². The van der Waals surface area contributed by atoms with Crippen molar-refractivity contribution in [1.82, 2.24) is 24.6 Å². The summed E-state index contributed by atoms with van der Waals surface area (Å²) in [6, 6.07) is 5.98. The zero-order valence-corrected chi connectivity index (χ0v) is 15.3. The normalized spacial score (nSPS) is 21.9. The van der Waals surface area contributed by atoms with Crippen LogP contribution in [0.2, 0.25) is 0 Å². The molecule has 0 bridgehead atoms. The van der Waals surface area contributed by atoms with E-state index in [-0.39, 0.29) is 0 Å². The first kappa shape index (κ1) is 17.1. The Kier molecular flexibility index (Phi) is 5.31. The topological polar surface area (TPSA) is 37.2 Å². The summed E-state index contributed by atoms with van der Waals surface area (Å²) in [5.41, 5.74) is 2.67. The predicted octanol–water partition coefficient (Wildman–Crippen LogP) is 2.34. The molecule has 5 nitrogen and oxygen atoms in total. The maximum atomic E-state index is 4.32. The number of likely N-dealkylation sites (N-methyl/N-ethyl adjacent to an activating group) is 1. The smallest absolute Gasteiger partial charge is 0.0534 e. The fourth-order valence-corrected chi connectivity index (χ4v) is 3.77. The van der Waals surface area contributed by atoms with Gasteiger partial charge in [0.1, 0.15) is 0 Å². The van der Waals surface area contributed by atoms with Gasteiger partial charge in [0.25, 0.3) is 0 Å². The second kappa shape index (κ2) is 7.45. The molecule has 2 aromatic heterocycles.